The predicted molar refractivity (Wildman–Crippen MR) is 111 cm³/mol. The van der Waals surface area contributed by atoms with Crippen molar-refractivity contribution in [2.24, 2.45) is 5.92 Å². The molecule has 0 bridgehead atoms. The van der Waals surface area contributed by atoms with Crippen LogP contribution in [-0.2, 0) is 16.0 Å². The number of amides is 1. The zero-order chi connectivity index (χ0) is 20.1. The van der Waals surface area contributed by atoms with Crippen LogP contribution in [0.25, 0.3) is 0 Å². The Morgan fingerprint density at radius 2 is 1.72 bits per heavy atom. The fourth-order valence-electron chi connectivity index (χ4n) is 5.23. The summed E-state index contributed by atoms with van der Waals surface area (Å²) < 4.78 is 10.7. The van der Waals surface area contributed by atoms with Crippen LogP contribution in [0, 0.1) is 5.92 Å². The van der Waals surface area contributed by atoms with Crippen molar-refractivity contribution in [1.82, 2.24) is 4.90 Å². The van der Waals surface area contributed by atoms with Crippen molar-refractivity contribution >= 4 is 11.7 Å². The number of fused-ring (bicyclic) bond motifs is 2. The first kappa shape index (κ1) is 20.2. The third-order valence-corrected chi connectivity index (χ3v) is 6.77. The average Bonchev–Trinajstić information content (AvgIpc) is 3.21. The molecule has 0 aromatic heterocycles. The van der Waals surface area contributed by atoms with Crippen molar-refractivity contribution in [3.8, 4) is 11.5 Å². The molecule has 2 heterocycles. The number of ether oxygens (including phenoxy) is 2. The predicted octanol–water partition coefficient (Wildman–Crippen LogP) is 4.66. The number of Topliss-reactive ketones (excluding diaryl/α,β-unsaturated/α-hetero) is 1. The third kappa shape index (κ3) is 5.12. The molecule has 2 aliphatic heterocycles. The number of benzene rings is 1. The highest BCUT2D eigenvalue weighted by atomic mass is 16.7. The van der Waals surface area contributed by atoms with Crippen molar-refractivity contribution in [2.45, 2.75) is 83.1 Å². The van der Waals surface area contributed by atoms with Gasteiger partial charge in [-0.25, -0.2) is 0 Å². The van der Waals surface area contributed by atoms with E-state index in [-0.39, 0.29) is 18.5 Å². The highest BCUT2D eigenvalue weighted by Gasteiger charge is 2.35. The van der Waals surface area contributed by atoms with Crippen LogP contribution in [0.2, 0.25) is 0 Å². The first-order valence-electron chi connectivity index (χ1n) is 11.4. The van der Waals surface area contributed by atoms with Crippen molar-refractivity contribution < 1.29 is 19.1 Å². The molecule has 1 aromatic rings. The molecule has 1 aromatic carbocycles. The van der Waals surface area contributed by atoms with Crippen LogP contribution >= 0.6 is 0 Å². The molecule has 5 nitrogen and oxygen atoms in total. The lowest BCUT2D eigenvalue weighted by molar-refractivity contribution is -0.137. The quantitative estimate of drug-likeness (QED) is 0.638. The molecule has 1 saturated carbocycles. The summed E-state index contributed by atoms with van der Waals surface area (Å²) in [6.45, 7) is 1.21. The molecular weight excluding hydrogens is 366 g/mol. The molecule has 0 N–H and O–H groups in total. The van der Waals surface area contributed by atoms with Gasteiger partial charge in [-0.3, -0.25) is 9.59 Å². The molecule has 0 radical (unpaired) electrons. The number of rotatable bonds is 8. The Hall–Kier alpha value is -2.04. The Morgan fingerprint density at radius 1 is 0.931 bits per heavy atom. The van der Waals surface area contributed by atoms with Gasteiger partial charge in [0.1, 0.15) is 5.78 Å². The summed E-state index contributed by atoms with van der Waals surface area (Å²) in [4.78, 5) is 27.1. The van der Waals surface area contributed by atoms with Gasteiger partial charge in [-0.2, -0.15) is 0 Å². The van der Waals surface area contributed by atoms with Gasteiger partial charge in [0.2, 0.25) is 12.7 Å². The summed E-state index contributed by atoms with van der Waals surface area (Å²) in [5, 5.41) is 0. The lowest BCUT2D eigenvalue weighted by Crippen LogP contribution is -2.49. The minimum absolute atomic E-state index is 0.271. The van der Waals surface area contributed by atoms with E-state index in [1.807, 2.05) is 18.2 Å². The van der Waals surface area contributed by atoms with Gasteiger partial charge in [0.25, 0.3) is 0 Å². The maximum Gasteiger partial charge on any atom is 0.231 e. The van der Waals surface area contributed by atoms with Crippen LogP contribution in [0.1, 0.15) is 76.2 Å². The highest BCUT2D eigenvalue weighted by Crippen LogP contribution is 2.36. The van der Waals surface area contributed by atoms with Crippen LogP contribution in [-0.4, -0.2) is 36.0 Å². The summed E-state index contributed by atoms with van der Waals surface area (Å²) in [5.41, 5.74) is 1.17. The van der Waals surface area contributed by atoms with Crippen molar-refractivity contribution in [3.05, 3.63) is 23.8 Å². The summed E-state index contributed by atoms with van der Waals surface area (Å²) in [5.74, 6) is 2.86. The molecule has 4 rings (SSSR count). The van der Waals surface area contributed by atoms with Crippen molar-refractivity contribution in [3.63, 3.8) is 0 Å². The SMILES string of the molecule is O=C(CCCC(=O)N1CCCC2CCCCC21)CCCc1ccc2c(c1)OCO2. The second-order valence-electron chi connectivity index (χ2n) is 8.77. The normalized spacial score (nSPS) is 23.0. The van der Waals surface area contributed by atoms with Gasteiger partial charge < -0.3 is 14.4 Å². The first-order valence-corrected chi connectivity index (χ1v) is 11.4. The van der Waals surface area contributed by atoms with E-state index in [0.717, 1.165) is 43.2 Å². The molecule has 158 valence electrons. The number of hydrogen-bond acceptors (Lipinski definition) is 4. The van der Waals surface area contributed by atoms with Gasteiger partial charge in [0.05, 0.1) is 0 Å². The number of ketones is 1. The second kappa shape index (κ2) is 9.64. The minimum Gasteiger partial charge on any atom is -0.454 e. The van der Waals surface area contributed by atoms with E-state index >= 15 is 0 Å². The number of hydrogen-bond donors (Lipinski definition) is 0. The molecule has 1 aliphatic carbocycles. The van der Waals surface area contributed by atoms with E-state index in [1.165, 1.54) is 37.7 Å². The van der Waals surface area contributed by atoms with E-state index in [4.69, 9.17) is 9.47 Å². The lowest BCUT2D eigenvalue weighted by Gasteiger charge is -2.44. The molecule has 1 amide bonds. The Kier molecular flexibility index (Phi) is 6.73. The largest absolute Gasteiger partial charge is 0.454 e. The fourth-order valence-corrected chi connectivity index (χ4v) is 5.23. The lowest BCUT2D eigenvalue weighted by atomic mass is 9.78. The molecule has 1 saturated heterocycles. The van der Waals surface area contributed by atoms with Gasteiger partial charge in [0, 0.05) is 31.8 Å². The van der Waals surface area contributed by atoms with E-state index in [0.29, 0.717) is 31.7 Å². The molecule has 2 fully saturated rings. The van der Waals surface area contributed by atoms with Crippen molar-refractivity contribution in [1.29, 1.82) is 0 Å². The molecule has 29 heavy (non-hydrogen) atoms. The van der Waals surface area contributed by atoms with Gasteiger partial charge in [0.15, 0.2) is 11.5 Å². The van der Waals surface area contributed by atoms with Crippen LogP contribution in [0.5, 0.6) is 11.5 Å². The minimum atomic E-state index is 0.271. The summed E-state index contributed by atoms with van der Waals surface area (Å²) in [6.07, 6.45) is 11.5. The second-order valence-corrected chi connectivity index (χ2v) is 8.77. The monoisotopic (exact) mass is 399 g/mol. The number of likely N-dealkylation sites (tertiary alicyclic amines) is 1. The summed E-state index contributed by atoms with van der Waals surface area (Å²) in [7, 11) is 0. The maximum absolute atomic E-state index is 12.7. The summed E-state index contributed by atoms with van der Waals surface area (Å²) in [6, 6.07) is 6.45. The summed E-state index contributed by atoms with van der Waals surface area (Å²) >= 11 is 0. The van der Waals surface area contributed by atoms with Crippen LogP contribution in [0.3, 0.4) is 0 Å². The van der Waals surface area contributed by atoms with Gasteiger partial charge in [-0.15, -0.1) is 0 Å². The average molecular weight is 400 g/mol. The fraction of sp³-hybridized carbons (Fsp3) is 0.667. The van der Waals surface area contributed by atoms with E-state index < -0.39 is 0 Å². The van der Waals surface area contributed by atoms with Crippen molar-refractivity contribution in [2.75, 3.05) is 13.3 Å². The molecule has 2 unspecified atom stereocenters. The van der Waals surface area contributed by atoms with Crippen LogP contribution in [0.15, 0.2) is 18.2 Å². The number of nitrogens with zero attached hydrogens (tertiary/aromatic N) is 1. The smallest absolute Gasteiger partial charge is 0.231 e. The van der Waals surface area contributed by atoms with E-state index in [9.17, 15) is 9.59 Å². The highest BCUT2D eigenvalue weighted by molar-refractivity contribution is 5.80. The van der Waals surface area contributed by atoms with E-state index in [1.54, 1.807) is 0 Å². The zero-order valence-electron chi connectivity index (χ0n) is 17.4. The Bertz CT molecular complexity index is 730. The van der Waals surface area contributed by atoms with Crippen LogP contribution < -0.4 is 9.47 Å². The first-order chi connectivity index (χ1) is 14.2. The number of carbonyl (C=O) groups is 2. The third-order valence-electron chi connectivity index (χ3n) is 6.77. The number of aryl methyl sites for hydroxylation is 1. The number of carbonyl (C=O) groups excluding carboxylic acids is 2. The molecule has 2 atom stereocenters. The number of piperidine rings is 1. The molecule has 3 aliphatic rings. The maximum atomic E-state index is 12.7. The topological polar surface area (TPSA) is 55.8 Å². The standard InChI is InChI=1S/C24H33NO4/c26-20(9-3-6-18-13-14-22-23(16-18)29-17-28-22)10-4-12-24(27)25-15-5-8-19-7-1-2-11-21(19)25/h13-14,16,19,21H,1-12,15,17H2. The van der Waals surface area contributed by atoms with Crippen LogP contribution in [0.4, 0.5) is 0 Å². The van der Waals surface area contributed by atoms with Gasteiger partial charge >= 0.3 is 0 Å². The molecule has 0 spiro atoms. The zero-order valence-corrected chi connectivity index (χ0v) is 17.4. The Morgan fingerprint density at radius 3 is 2.66 bits per heavy atom. The Labute approximate surface area is 173 Å². The Balaban J connectivity index is 1.14. The van der Waals surface area contributed by atoms with E-state index in [2.05, 4.69) is 4.90 Å². The van der Waals surface area contributed by atoms with Gasteiger partial charge in [-0.1, -0.05) is 18.9 Å². The molecule has 5 heteroatoms. The van der Waals surface area contributed by atoms with Gasteiger partial charge in [-0.05, 0) is 68.6 Å². The molecular formula is C24H33NO4.